The first kappa shape index (κ1) is 96.0. The summed E-state index contributed by atoms with van der Waals surface area (Å²) in [6.45, 7) is 8.61. The third kappa shape index (κ3) is 22.6. The monoisotopic (exact) mass is 1780 g/mol. The highest BCUT2D eigenvalue weighted by molar-refractivity contribution is 7.89. The number of carbonyl (C=O) groups is 8. The molecule has 0 radical (unpaired) electrons. The third-order valence-electron chi connectivity index (χ3n) is 26.3. The van der Waals surface area contributed by atoms with Gasteiger partial charge >= 0.3 is 5.97 Å². The minimum absolute atomic E-state index is 0.00224. The molecule has 0 aromatic heterocycles. The number of aliphatic hydroxyl groups is 9. The predicted molar refractivity (Wildman–Crippen MR) is 438 cm³/mol. The van der Waals surface area contributed by atoms with Gasteiger partial charge in [0.2, 0.25) is 57.1 Å². The number of halogens is 2. The van der Waals surface area contributed by atoms with Crippen LogP contribution < -0.4 is 77.7 Å². The number of carboxylic acids is 1. The van der Waals surface area contributed by atoms with Crippen LogP contribution >= 0.6 is 23.2 Å². The molecule has 7 amide bonds. The van der Waals surface area contributed by atoms with Crippen LogP contribution in [0, 0.1) is 53.3 Å². The second-order valence-electron chi connectivity index (χ2n) is 35.6. The SMILES string of the molecule is CCCCCOc1ccc(S(=O)(=O)NCCCNCC2[C@H](O)C3C4C[C@H](CC[C@H]4O)[C@H]4NC(=O)[C@@H]5NC(=O)[C@H](CC(N)=O)NC(=O)[C@H](NC(=O)[C@@H](CC(C)C)NC)[C@H](O)[C@H]6CC[C@@H](Oc7cc5cc(c7O[C@@H]5C[C@H](CO)[C@@H](O)[C@H](O)[C@H]5O[C@H]5C[C@](C)(N)[C@H](O)[C@H](C)O5)O[C@@H]5CC[C@@H](C[C@@H]5Cl)[C@@H](O)[C@H](NC4=O)C(=O)N[C@H](C(=O)O)C3C[C@@H]2O)[C@H](Cl)C6)cc1. The minimum atomic E-state index is -3.98. The van der Waals surface area contributed by atoms with Crippen LogP contribution in [-0.4, -0.2) is 285 Å². The molecule has 37 nitrogen and oxygen atoms in total. The van der Waals surface area contributed by atoms with Gasteiger partial charge < -0.3 is 133 Å². The van der Waals surface area contributed by atoms with E-state index in [1.165, 1.54) is 31.3 Å². The van der Waals surface area contributed by atoms with Gasteiger partial charge in [-0.05, 0) is 201 Å². The molecule has 13 rings (SSSR count). The Labute approximate surface area is 719 Å². The van der Waals surface area contributed by atoms with Crippen molar-refractivity contribution in [3.05, 3.63) is 42.0 Å². The Hall–Kier alpha value is -6.67. The van der Waals surface area contributed by atoms with Gasteiger partial charge in [-0.2, -0.15) is 0 Å². The number of sulfonamides is 1. The number of alkyl halides is 2. The first-order valence-electron chi connectivity index (χ1n) is 42.9. The fourth-order valence-corrected chi connectivity index (χ4v) is 21.4. The predicted octanol–water partition coefficient (Wildman–Crippen LogP) is -1.71. The minimum Gasteiger partial charge on any atom is -0.494 e. The molecular formula is C82H125Cl2N11O26S. The molecule has 23 N–H and O–H groups in total. The molecule has 684 valence electrons. The van der Waals surface area contributed by atoms with Gasteiger partial charge in [0.05, 0.1) is 83.6 Å². The average Bonchev–Trinajstić information content (AvgIpc) is 0.755. The van der Waals surface area contributed by atoms with Crippen LogP contribution in [0.3, 0.4) is 0 Å². The second-order valence-corrected chi connectivity index (χ2v) is 38.5. The van der Waals surface area contributed by atoms with Gasteiger partial charge in [-0.1, -0.05) is 33.6 Å². The Kier molecular flexibility index (Phi) is 32.9. The number of rotatable bonds is 26. The van der Waals surface area contributed by atoms with Gasteiger partial charge in [0.15, 0.2) is 17.8 Å². The maximum atomic E-state index is 16.5. The molecule has 2 aromatic rings. The highest BCUT2D eigenvalue weighted by Crippen LogP contribution is 2.51. The zero-order valence-corrected chi connectivity index (χ0v) is 71.9. The smallest absolute Gasteiger partial charge is 0.326 e. The van der Waals surface area contributed by atoms with Crippen molar-refractivity contribution in [2.45, 2.75) is 299 Å². The number of likely N-dealkylation sites (N-methyl/N-ethyl adjacent to an activating group) is 1. The van der Waals surface area contributed by atoms with Crippen LogP contribution in [0.2, 0.25) is 0 Å². The summed E-state index contributed by atoms with van der Waals surface area (Å²) in [7, 11) is -2.46. The van der Waals surface area contributed by atoms with E-state index in [1.807, 2.05) is 13.8 Å². The van der Waals surface area contributed by atoms with E-state index in [0.29, 0.717) is 12.4 Å². The Morgan fingerprint density at radius 3 is 1.96 bits per heavy atom. The van der Waals surface area contributed by atoms with E-state index in [2.05, 4.69) is 54.2 Å². The summed E-state index contributed by atoms with van der Waals surface area (Å²) in [6, 6.07) is -4.53. The van der Waals surface area contributed by atoms with Crippen molar-refractivity contribution in [3.63, 3.8) is 0 Å². The number of ether oxygens (including phenoxy) is 6. The van der Waals surface area contributed by atoms with Gasteiger partial charge in [-0.3, -0.25) is 33.6 Å². The lowest BCUT2D eigenvalue weighted by Gasteiger charge is -2.51. The molecule has 4 unspecified atom stereocenters. The molecule has 6 heterocycles. The van der Waals surface area contributed by atoms with Crippen LogP contribution in [0.25, 0.3) is 0 Å². The summed E-state index contributed by atoms with van der Waals surface area (Å²) in [5.41, 5.74) is 10.9. The third-order valence-corrected chi connectivity index (χ3v) is 28.7. The summed E-state index contributed by atoms with van der Waals surface area (Å²) in [4.78, 5) is 120. The zero-order chi connectivity index (χ0) is 88.7. The van der Waals surface area contributed by atoms with E-state index in [9.17, 15) is 73.9 Å². The van der Waals surface area contributed by atoms with Crippen molar-refractivity contribution in [1.82, 2.24) is 47.3 Å². The van der Waals surface area contributed by atoms with Gasteiger partial charge in [0.25, 0.3) is 0 Å². The van der Waals surface area contributed by atoms with E-state index in [0.717, 1.165) is 19.3 Å². The molecule has 40 heteroatoms. The number of benzene rings is 2. The molecule has 32 atom stereocenters. The summed E-state index contributed by atoms with van der Waals surface area (Å²) < 4.78 is 68.9. The first-order valence-corrected chi connectivity index (χ1v) is 45.2. The number of carbonyl (C=O) groups excluding carboxylic acids is 7. The standard InChI is InChI=1S/C82H125Cl2N11O26S/c1-7-8-9-23-116-43-14-16-44(17-15-43)122(114,115)89-22-10-21-88-34-47-53(98)31-46-61(70(47)103)45-25-38(11-18-52(45)97)62-77(108)95-66(80(111)93-64(46)81(112)113)68(101)40-13-20-55(49(84)27-40)119-57-29-41-28-56(72(57)120-58-30-42(35-96)69(102)71(104)73(58)121-60-33-82(5,86)74(105)37(4)117-60)118-54-19-12-39(26-48(54)83)67(100)65(94-75(106)50(87-6)24-36(2)3)79(110)90-51(32-59(85)99)76(107)91-63(41)78(109)92-62/h14-17,28-29,36-40,42,45-55,58,60-71,73-74,87-89,96-98,100-105H,7-13,18-27,30-35,86H2,1-6H3,(H2,85,99)(H,90,110)(H,91,107)(H,92,109)(H,93,111)(H,94,106)(H,95,108)(H,112,113)/t37-,38-,39-,40-,42+,45?,46?,47?,48+,49-,50+,51-,52+,53-,54+,55+,58+,60-,61?,62+,63+,64-,65+,66-,67+,68+,69+,70-,71-,73-,74+,82-/m0/s1. The lowest BCUT2D eigenvalue weighted by molar-refractivity contribution is -0.286. The largest absolute Gasteiger partial charge is 0.494 e. The maximum absolute atomic E-state index is 16.5. The Morgan fingerprint density at radius 1 is 0.713 bits per heavy atom. The number of aliphatic hydroxyl groups excluding tert-OH is 9. The number of aliphatic carboxylic acids is 1. The van der Waals surface area contributed by atoms with E-state index in [1.54, 1.807) is 26.0 Å². The zero-order valence-electron chi connectivity index (χ0n) is 69.5. The normalized spacial score (nSPS) is 38.2. The molecule has 11 aliphatic rings. The topological polar surface area (TPSA) is 589 Å². The van der Waals surface area contributed by atoms with Crippen molar-refractivity contribution < 1.29 is 126 Å². The van der Waals surface area contributed by atoms with Crippen molar-refractivity contribution in [3.8, 4) is 23.0 Å². The summed E-state index contributed by atoms with van der Waals surface area (Å²) in [5.74, 6) is -19.6. The van der Waals surface area contributed by atoms with Crippen LogP contribution in [0.5, 0.6) is 23.0 Å². The van der Waals surface area contributed by atoms with Crippen molar-refractivity contribution in [2.75, 3.05) is 39.9 Å². The lowest BCUT2D eigenvalue weighted by atomic mass is 9.58. The fourth-order valence-electron chi connectivity index (χ4n) is 19.5. The Morgan fingerprint density at radius 2 is 1.35 bits per heavy atom. The number of fused-ring (bicyclic) bond motifs is 15. The molecule has 2 saturated heterocycles. The number of nitrogens with two attached hydrogens (primary N) is 2. The van der Waals surface area contributed by atoms with Gasteiger partial charge in [-0.25, -0.2) is 17.9 Å². The molecule has 6 aliphatic heterocycles. The highest BCUT2D eigenvalue weighted by atomic mass is 35.5. The maximum Gasteiger partial charge on any atom is 0.326 e. The van der Waals surface area contributed by atoms with Gasteiger partial charge in [0, 0.05) is 43.5 Å². The van der Waals surface area contributed by atoms with Crippen molar-refractivity contribution in [2.24, 2.45) is 64.7 Å². The lowest BCUT2D eigenvalue weighted by Crippen LogP contribution is -2.66. The Balaban J connectivity index is 1.01. The quantitative estimate of drug-likeness (QED) is 0.0368. The molecule has 2 aromatic carbocycles. The fraction of sp³-hybridized carbons (Fsp3) is 0.756. The number of carboxylic acid groups (broad SMARTS) is 1. The van der Waals surface area contributed by atoms with E-state index in [4.69, 9.17) is 63.1 Å². The number of hydrogen-bond acceptors (Lipinski definition) is 28. The van der Waals surface area contributed by atoms with Crippen LogP contribution in [-0.2, 0) is 57.9 Å². The number of unbranched alkanes of at least 4 members (excludes halogenated alkanes) is 2. The van der Waals surface area contributed by atoms with Gasteiger partial charge in [0.1, 0.15) is 72.5 Å². The molecule has 5 aliphatic carbocycles. The number of nitrogens with one attached hydrogen (secondary N) is 9. The summed E-state index contributed by atoms with van der Waals surface area (Å²) in [6.07, 6.45) is -20.2. The average molecular weight is 1780 g/mol. The molecule has 7 fully saturated rings. The van der Waals surface area contributed by atoms with Crippen LogP contribution in [0.1, 0.15) is 162 Å². The molecule has 5 saturated carbocycles. The van der Waals surface area contributed by atoms with Crippen LogP contribution in [0.15, 0.2) is 41.3 Å². The number of primary amides is 1. The van der Waals surface area contributed by atoms with Crippen molar-refractivity contribution >= 4 is 80.5 Å². The van der Waals surface area contributed by atoms with Gasteiger partial charge in [-0.15, -0.1) is 23.2 Å². The van der Waals surface area contributed by atoms with E-state index in [-0.39, 0.29) is 137 Å². The van der Waals surface area contributed by atoms with Crippen molar-refractivity contribution in [1.29, 1.82) is 0 Å². The Bertz CT molecular complexity index is 4070. The number of hydrogen-bond donors (Lipinski definition) is 21. The highest BCUT2D eigenvalue weighted by Gasteiger charge is 2.57. The summed E-state index contributed by atoms with van der Waals surface area (Å²) >= 11 is 14.9. The first-order chi connectivity index (χ1) is 57.8. The van der Waals surface area contributed by atoms with E-state index < -0.39 is 268 Å². The molecule has 11 bridgehead atoms. The summed E-state index contributed by atoms with van der Waals surface area (Å²) in [5, 5.41) is 140. The van der Waals surface area contributed by atoms with E-state index >= 15 is 24.0 Å². The molecular weight excluding hydrogens is 1660 g/mol. The molecule has 0 spiro atoms. The number of amides is 7. The molecule has 122 heavy (non-hydrogen) atoms. The van der Waals surface area contributed by atoms with Crippen LogP contribution in [0.4, 0.5) is 0 Å². The second kappa shape index (κ2) is 41.8.